The van der Waals surface area contributed by atoms with Gasteiger partial charge < -0.3 is 15.4 Å². The van der Waals surface area contributed by atoms with E-state index in [0.717, 1.165) is 27.9 Å². The standard InChI is InChI=1S/C35H31ClFN5O2S/c1-21-12-17-30(22(2)18-21)39-33(43)31-23(3)38-34-40-35(45-20-26-9-5-7-11-29(26)37)41-42(34)32(31)24-13-15-27(16-14-24)44-19-25-8-4-6-10-28(25)36/h4-18,32H,19-20H2,1-3H3,(H,39,43)(H,38,40,41). The van der Waals surface area contributed by atoms with Crippen LogP contribution in [0.25, 0.3) is 0 Å². The van der Waals surface area contributed by atoms with Gasteiger partial charge >= 0.3 is 0 Å². The van der Waals surface area contributed by atoms with Crippen LogP contribution in [0.4, 0.5) is 16.0 Å². The van der Waals surface area contributed by atoms with Crippen molar-refractivity contribution < 1.29 is 13.9 Å². The smallest absolute Gasteiger partial charge is 0.255 e. The van der Waals surface area contributed by atoms with Gasteiger partial charge in [0.15, 0.2) is 0 Å². The summed E-state index contributed by atoms with van der Waals surface area (Å²) >= 11 is 7.63. The molecule has 0 bridgehead atoms. The Hall–Kier alpha value is -4.60. The van der Waals surface area contributed by atoms with Crippen molar-refractivity contribution in [2.45, 2.75) is 44.3 Å². The molecule has 4 aromatic carbocycles. The van der Waals surface area contributed by atoms with E-state index in [2.05, 4.69) is 10.6 Å². The summed E-state index contributed by atoms with van der Waals surface area (Å²) in [5.41, 5.74) is 6.25. The van der Waals surface area contributed by atoms with E-state index in [1.165, 1.54) is 17.8 Å². The zero-order valence-corrected chi connectivity index (χ0v) is 26.5. The van der Waals surface area contributed by atoms with Crippen LogP contribution in [-0.2, 0) is 17.2 Å². The molecule has 0 aliphatic carbocycles. The maximum atomic E-state index is 14.3. The van der Waals surface area contributed by atoms with Gasteiger partial charge in [0.1, 0.15) is 24.2 Å². The molecular formula is C35H31ClFN5O2S. The summed E-state index contributed by atoms with van der Waals surface area (Å²) in [6, 6.07) is 27.1. The van der Waals surface area contributed by atoms with Gasteiger partial charge in [0.05, 0.1) is 5.57 Å². The molecule has 6 rings (SSSR count). The second kappa shape index (κ2) is 13.2. The molecule has 0 radical (unpaired) electrons. The average molecular weight is 640 g/mol. The van der Waals surface area contributed by atoms with Crippen molar-refractivity contribution in [1.82, 2.24) is 14.8 Å². The summed E-state index contributed by atoms with van der Waals surface area (Å²) < 4.78 is 22.0. The number of thioether (sulfide) groups is 1. The maximum Gasteiger partial charge on any atom is 0.255 e. The van der Waals surface area contributed by atoms with Crippen LogP contribution in [0.2, 0.25) is 5.02 Å². The molecule has 45 heavy (non-hydrogen) atoms. The Bertz CT molecular complexity index is 1910. The molecule has 2 heterocycles. The van der Waals surface area contributed by atoms with Gasteiger partial charge in [-0.2, -0.15) is 4.98 Å². The van der Waals surface area contributed by atoms with Gasteiger partial charge in [0, 0.05) is 27.7 Å². The predicted octanol–water partition coefficient (Wildman–Crippen LogP) is 8.49. The number of amides is 1. The van der Waals surface area contributed by atoms with Gasteiger partial charge in [-0.05, 0) is 67.8 Å². The first-order valence-electron chi connectivity index (χ1n) is 14.4. The Balaban J connectivity index is 1.31. The molecule has 0 fully saturated rings. The third kappa shape index (κ3) is 6.74. The third-order valence-corrected chi connectivity index (χ3v) is 8.83. The Morgan fingerprint density at radius 1 is 1.00 bits per heavy atom. The van der Waals surface area contributed by atoms with Crippen molar-refractivity contribution in [3.8, 4) is 5.75 Å². The number of aryl methyl sites for hydroxylation is 2. The fourth-order valence-corrected chi connectivity index (χ4v) is 6.22. The summed E-state index contributed by atoms with van der Waals surface area (Å²) in [7, 11) is 0. The van der Waals surface area contributed by atoms with Crippen LogP contribution in [0.5, 0.6) is 5.75 Å². The van der Waals surface area contributed by atoms with E-state index in [1.54, 1.807) is 22.9 Å². The molecule has 1 aromatic heterocycles. The predicted molar refractivity (Wildman–Crippen MR) is 177 cm³/mol. The Labute approximate surface area is 270 Å². The van der Waals surface area contributed by atoms with Gasteiger partial charge in [-0.1, -0.05) is 89.6 Å². The molecule has 2 N–H and O–H groups in total. The monoisotopic (exact) mass is 639 g/mol. The van der Waals surface area contributed by atoms with Gasteiger partial charge in [-0.3, -0.25) is 4.79 Å². The average Bonchev–Trinajstić information content (AvgIpc) is 3.43. The second-order valence-electron chi connectivity index (χ2n) is 10.8. The van der Waals surface area contributed by atoms with Crippen LogP contribution in [0.3, 0.4) is 0 Å². The first kappa shape index (κ1) is 30.4. The minimum absolute atomic E-state index is 0.252. The topological polar surface area (TPSA) is 81.1 Å². The number of hydrogen-bond acceptors (Lipinski definition) is 6. The molecule has 0 spiro atoms. The number of anilines is 2. The van der Waals surface area contributed by atoms with Crippen molar-refractivity contribution >= 4 is 40.9 Å². The Morgan fingerprint density at radius 2 is 1.73 bits per heavy atom. The summed E-state index contributed by atoms with van der Waals surface area (Å²) in [5.74, 6) is 0.998. The zero-order chi connectivity index (χ0) is 31.5. The molecule has 1 aliphatic heterocycles. The number of allylic oxidation sites excluding steroid dienone is 1. The lowest BCUT2D eigenvalue weighted by atomic mass is 9.94. The molecule has 228 valence electrons. The quantitative estimate of drug-likeness (QED) is 0.157. The van der Waals surface area contributed by atoms with E-state index in [0.29, 0.717) is 51.1 Å². The second-order valence-corrected chi connectivity index (χ2v) is 12.2. The summed E-state index contributed by atoms with van der Waals surface area (Å²) in [6.45, 7) is 6.17. The molecule has 1 atom stereocenters. The molecular weight excluding hydrogens is 609 g/mol. The number of hydrogen-bond donors (Lipinski definition) is 2. The number of nitrogens with zero attached hydrogens (tertiary/aromatic N) is 3. The van der Waals surface area contributed by atoms with Crippen molar-refractivity contribution in [2.24, 2.45) is 0 Å². The number of fused-ring (bicyclic) bond motifs is 1. The summed E-state index contributed by atoms with van der Waals surface area (Å²) in [5, 5.41) is 12.3. The van der Waals surface area contributed by atoms with Crippen molar-refractivity contribution in [3.05, 3.63) is 141 Å². The lowest BCUT2D eigenvalue weighted by Crippen LogP contribution is -2.31. The molecule has 5 aromatic rings. The van der Waals surface area contributed by atoms with E-state index in [1.807, 2.05) is 87.5 Å². The fraction of sp³-hybridized carbons (Fsp3) is 0.171. The highest BCUT2D eigenvalue weighted by molar-refractivity contribution is 7.98. The maximum absolute atomic E-state index is 14.3. The Kier molecular flexibility index (Phi) is 8.91. The number of rotatable bonds is 9. The van der Waals surface area contributed by atoms with Crippen LogP contribution in [0.1, 0.15) is 40.8 Å². The van der Waals surface area contributed by atoms with Crippen LogP contribution in [0.15, 0.2) is 107 Å². The van der Waals surface area contributed by atoms with Crippen molar-refractivity contribution in [3.63, 3.8) is 0 Å². The number of aromatic nitrogens is 3. The lowest BCUT2D eigenvalue weighted by molar-refractivity contribution is -0.113. The van der Waals surface area contributed by atoms with Crippen LogP contribution in [-0.4, -0.2) is 20.7 Å². The molecule has 1 amide bonds. The zero-order valence-electron chi connectivity index (χ0n) is 25.0. The van der Waals surface area contributed by atoms with E-state index in [4.69, 9.17) is 26.4 Å². The summed E-state index contributed by atoms with van der Waals surface area (Å²) in [4.78, 5) is 18.7. The molecule has 0 saturated heterocycles. The van der Waals surface area contributed by atoms with Crippen LogP contribution >= 0.6 is 23.4 Å². The van der Waals surface area contributed by atoms with Gasteiger partial charge in [-0.15, -0.1) is 5.10 Å². The highest BCUT2D eigenvalue weighted by Gasteiger charge is 2.34. The minimum atomic E-state index is -0.583. The third-order valence-electron chi connectivity index (χ3n) is 7.57. The highest BCUT2D eigenvalue weighted by atomic mass is 35.5. The number of ether oxygens (including phenoxy) is 1. The fourth-order valence-electron chi connectivity index (χ4n) is 5.22. The normalized spacial score (nSPS) is 14.1. The molecule has 0 saturated carbocycles. The minimum Gasteiger partial charge on any atom is -0.489 e. The van der Waals surface area contributed by atoms with E-state index in [9.17, 15) is 9.18 Å². The largest absolute Gasteiger partial charge is 0.489 e. The number of carbonyl (C=O) groups is 1. The lowest BCUT2D eigenvalue weighted by Gasteiger charge is -2.29. The molecule has 7 nitrogen and oxygen atoms in total. The number of nitrogens with one attached hydrogen (secondary N) is 2. The molecule has 10 heteroatoms. The van der Waals surface area contributed by atoms with E-state index >= 15 is 0 Å². The van der Waals surface area contributed by atoms with E-state index < -0.39 is 6.04 Å². The Morgan fingerprint density at radius 3 is 2.47 bits per heavy atom. The molecule has 1 aliphatic rings. The van der Waals surface area contributed by atoms with E-state index in [-0.39, 0.29) is 11.7 Å². The first-order chi connectivity index (χ1) is 21.8. The summed E-state index contributed by atoms with van der Waals surface area (Å²) in [6.07, 6.45) is 0. The number of carbonyl (C=O) groups excluding carboxylic acids is 1. The van der Waals surface area contributed by atoms with Crippen LogP contribution < -0.4 is 15.4 Å². The number of halogens is 2. The van der Waals surface area contributed by atoms with Gasteiger partial charge in [-0.25, -0.2) is 9.07 Å². The number of benzene rings is 4. The van der Waals surface area contributed by atoms with Gasteiger partial charge in [0.25, 0.3) is 5.91 Å². The van der Waals surface area contributed by atoms with Gasteiger partial charge in [0.2, 0.25) is 11.1 Å². The molecule has 1 unspecified atom stereocenters. The first-order valence-corrected chi connectivity index (χ1v) is 15.8. The van der Waals surface area contributed by atoms with Crippen LogP contribution in [0, 0.1) is 19.7 Å². The SMILES string of the molecule is CC1=C(C(=O)Nc2ccc(C)cc2C)C(c2ccc(OCc3ccccc3Cl)cc2)n2nc(SCc3ccccc3F)nc2N1. The highest BCUT2D eigenvalue weighted by Crippen LogP contribution is 2.38. The van der Waals surface area contributed by atoms with Crippen molar-refractivity contribution in [2.75, 3.05) is 10.6 Å². The van der Waals surface area contributed by atoms with Crippen molar-refractivity contribution in [1.29, 1.82) is 0 Å².